The summed E-state index contributed by atoms with van der Waals surface area (Å²) in [5.74, 6) is -0.348. The molecule has 0 bridgehead atoms. The van der Waals surface area contributed by atoms with Gasteiger partial charge in [0.25, 0.3) is 0 Å². The molecular formula is C9H7BrN2O2S. The second kappa shape index (κ2) is 4.24. The topological polar surface area (TPSA) is 52.1 Å². The van der Waals surface area contributed by atoms with Gasteiger partial charge in [-0.25, -0.2) is 4.79 Å². The summed E-state index contributed by atoms with van der Waals surface area (Å²) >= 11 is 4.48. The summed E-state index contributed by atoms with van der Waals surface area (Å²) in [6.45, 7) is 0. The molecule has 1 aromatic carbocycles. The van der Waals surface area contributed by atoms with Gasteiger partial charge in [-0.15, -0.1) is 0 Å². The molecule has 4 nitrogen and oxygen atoms in total. The summed E-state index contributed by atoms with van der Waals surface area (Å²) in [7, 11) is 1.36. The standard InChI is InChI=1S/C9H7BrN2O2S/c1-14-9(13)5-2-3-7-8(6(5)4-10)12-15-11-7/h2-3H,4H2,1H3. The highest BCUT2D eigenvalue weighted by Crippen LogP contribution is 2.23. The third kappa shape index (κ3) is 1.74. The fourth-order valence-corrected chi connectivity index (χ4v) is 2.47. The van der Waals surface area contributed by atoms with Gasteiger partial charge in [-0.1, -0.05) is 15.9 Å². The summed E-state index contributed by atoms with van der Waals surface area (Å²) in [5, 5.41) is 0.556. The molecule has 15 heavy (non-hydrogen) atoms. The van der Waals surface area contributed by atoms with E-state index in [0.717, 1.165) is 28.3 Å². The van der Waals surface area contributed by atoms with E-state index in [1.54, 1.807) is 12.1 Å². The molecule has 2 rings (SSSR count). The first-order chi connectivity index (χ1) is 7.27. The molecule has 0 amide bonds. The molecule has 0 radical (unpaired) electrons. The Bertz CT molecular complexity index is 512. The smallest absolute Gasteiger partial charge is 0.338 e. The number of rotatable bonds is 2. The highest BCUT2D eigenvalue weighted by Gasteiger charge is 2.15. The third-order valence-corrected chi connectivity index (χ3v) is 3.17. The lowest BCUT2D eigenvalue weighted by Gasteiger charge is -2.04. The molecule has 0 fully saturated rings. The zero-order valence-corrected chi connectivity index (χ0v) is 10.3. The molecule has 2 aromatic rings. The first-order valence-electron chi connectivity index (χ1n) is 4.16. The van der Waals surface area contributed by atoms with Crippen molar-refractivity contribution in [3.63, 3.8) is 0 Å². The van der Waals surface area contributed by atoms with Crippen molar-refractivity contribution in [2.24, 2.45) is 0 Å². The molecule has 0 aliphatic rings. The minimum atomic E-state index is -0.348. The van der Waals surface area contributed by atoms with Crippen LogP contribution in [0.25, 0.3) is 11.0 Å². The molecule has 1 heterocycles. The minimum Gasteiger partial charge on any atom is -0.465 e. The number of methoxy groups -OCH3 is 1. The van der Waals surface area contributed by atoms with Crippen molar-refractivity contribution in [2.75, 3.05) is 7.11 Å². The van der Waals surface area contributed by atoms with Crippen LogP contribution in [0.4, 0.5) is 0 Å². The lowest BCUT2D eigenvalue weighted by atomic mass is 10.1. The Morgan fingerprint density at radius 1 is 1.53 bits per heavy atom. The molecule has 0 N–H and O–H groups in total. The molecule has 0 unspecified atom stereocenters. The first kappa shape index (κ1) is 10.5. The van der Waals surface area contributed by atoms with E-state index in [-0.39, 0.29) is 5.97 Å². The lowest BCUT2D eigenvalue weighted by Crippen LogP contribution is -2.05. The van der Waals surface area contributed by atoms with Gasteiger partial charge in [-0.3, -0.25) is 0 Å². The summed E-state index contributed by atoms with van der Waals surface area (Å²) in [4.78, 5) is 11.5. The second-order valence-electron chi connectivity index (χ2n) is 2.85. The number of alkyl halides is 1. The van der Waals surface area contributed by atoms with Gasteiger partial charge >= 0.3 is 5.97 Å². The molecule has 0 atom stereocenters. The van der Waals surface area contributed by atoms with Gasteiger partial charge in [0.05, 0.1) is 24.4 Å². The maximum absolute atomic E-state index is 11.5. The van der Waals surface area contributed by atoms with E-state index in [1.165, 1.54) is 7.11 Å². The normalized spacial score (nSPS) is 10.5. The largest absolute Gasteiger partial charge is 0.465 e. The molecular weight excluding hydrogens is 280 g/mol. The number of fused-ring (bicyclic) bond motifs is 1. The number of carbonyl (C=O) groups is 1. The molecule has 0 aliphatic heterocycles. The van der Waals surface area contributed by atoms with E-state index in [2.05, 4.69) is 24.7 Å². The van der Waals surface area contributed by atoms with Crippen LogP contribution >= 0.6 is 27.7 Å². The Labute approximate surface area is 98.7 Å². The van der Waals surface area contributed by atoms with Crippen LogP contribution in [0.2, 0.25) is 0 Å². The fraction of sp³-hybridized carbons (Fsp3) is 0.222. The van der Waals surface area contributed by atoms with Crippen LogP contribution in [0, 0.1) is 0 Å². The van der Waals surface area contributed by atoms with Crippen molar-refractivity contribution >= 4 is 44.7 Å². The van der Waals surface area contributed by atoms with E-state index in [1.807, 2.05) is 0 Å². The van der Waals surface area contributed by atoms with E-state index >= 15 is 0 Å². The highest BCUT2D eigenvalue weighted by atomic mass is 79.9. The monoisotopic (exact) mass is 286 g/mol. The van der Waals surface area contributed by atoms with Crippen LogP contribution in [0.1, 0.15) is 15.9 Å². The average Bonchev–Trinajstić information content (AvgIpc) is 2.74. The number of benzene rings is 1. The van der Waals surface area contributed by atoms with E-state index in [0.29, 0.717) is 10.9 Å². The van der Waals surface area contributed by atoms with Gasteiger partial charge < -0.3 is 4.74 Å². The molecule has 0 saturated heterocycles. The summed E-state index contributed by atoms with van der Waals surface area (Å²) in [6.07, 6.45) is 0. The number of nitrogens with zero attached hydrogens (tertiary/aromatic N) is 2. The van der Waals surface area contributed by atoms with Crippen LogP contribution in [0.3, 0.4) is 0 Å². The summed E-state index contributed by atoms with van der Waals surface area (Å²) in [6, 6.07) is 3.49. The highest BCUT2D eigenvalue weighted by molar-refractivity contribution is 9.08. The van der Waals surface area contributed by atoms with Crippen molar-refractivity contribution in [3.8, 4) is 0 Å². The van der Waals surface area contributed by atoms with E-state index in [9.17, 15) is 4.79 Å². The molecule has 1 aromatic heterocycles. The van der Waals surface area contributed by atoms with Crippen LogP contribution in [-0.2, 0) is 10.1 Å². The zero-order chi connectivity index (χ0) is 10.8. The number of ether oxygens (including phenoxy) is 1. The van der Waals surface area contributed by atoms with Gasteiger partial charge in [-0.05, 0) is 12.1 Å². The Morgan fingerprint density at radius 2 is 2.33 bits per heavy atom. The predicted octanol–water partition coefficient (Wildman–Crippen LogP) is 2.37. The zero-order valence-electron chi connectivity index (χ0n) is 7.86. The minimum absolute atomic E-state index is 0.348. The lowest BCUT2D eigenvalue weighted by molar-refractivity contribution is 0.0600. The Balaban J connectivity index is 2.69. The molecule has 0 aliphatic carbocycles. The average molecular weight is 287 g/mol. The number of hydrogen-bond donors (Lipinski definition) is 0. The van der Waals surface area contributed by atoms with Crippen molar-refractivity contribution < 1.29 is 9.53 Å². The number of aromatic nitrogens is 2. The molecule has 0 saturated carbocycles. The number of carbonyl (C=O) groups excluding carboxylic acids is 1. The molecule has 6 heteroatoms. The fourth-order valence-electron chi connectivity index (χ4n) is 1.34. The van der Waals surface area contributed by atoms with Crippen LogP contribution < -0.4 is 0 Å². The quantitative estimate of drug-likeness (QED) is 0.628. The summed E-state index contributed by atoms with van der Waals surface area (Å²) < 4.78 is 13.0. The van der Waals surface area contributed by atoms with Crippen LogP contribution in [0.5, 0.6) is 0 Å². The molecule has 78 valence electrons. The van der Waals surface area contributed by atoms with Gasteiger partial charge in [0.2, 0.25) is 0 Å². The Hall–Kier alpha value is -1.01. The number of hydrogen-bond acceptors (Lipinski definition) is 5. The van der Waals surface area contributed by atoms with Gasteiger partial charge in [0, 0.05) is 10.9 Å². The maximum atomic E-state index is 11.5. The van der Waals surface area contributed by atoms with Crippen molar-refractivity contribution in [1.29, 1.82) is 0 Å². The van der Waals surface area contributed by atoms with E-state index in [4.69, 9.17) is 4.74 Å². The molecule has 0 spiro atoms. The predicted molar refractivity (Wildman–Crippen MR) is 61.4 cm³/mol. The Morgan fingerprint density at radius 3 is 3.00 bits per heavy atom. The SMILES string of the molecule is COC(=O)c1ccc2nsnc2c1CBr. The van der Waals surface area contributed by atoms with Gasteiger partial charge in [0.1, 0.15) is 11.0 Å². The second-order valence-corrected chi connectivity index (χ2v) is 3.94. The van der Waals surface area contributed by atoms with Gasteiger partial charge in [-0.2, -0.15) is 8.75 Å². The summed E-state index contributed by atoms with van der Waals surface area (Å²) in [5.41, 5.74) is 2.93. The van der Waals surface area contributed by atoms with E-state index < -0.39 is 0 Å². The van der Waals surface area contributed by atoms with Crippen LogP contribution in [0.15, 0.2) is 12.1 Å². The van der Waals surface area contributed by atoms with Gasteiger partial charge in [0.15, 0.2) is 0 Å². The van der Waals surface area contributed by atoms with Crippen molar-refractivity contribution in [2.45, 2.75) is 5.33 Å². The third-order valence-electron chi connectivity index (χ3n) is 2.07. The maximum Gasteiger partial charge on any atom is 0.338 e. The number of esters is 1. The van der Waals surface area contributed by atoms with Crippen molar-refractivity contribution in [3.05, 3.63) is 23.3 Å². The number of halogens is 1. The van der Waals surface area contributed by atoms with Crippen LogP contribution in [-0.4, -0.2) is 21.8 Å². The first-order valence-corrected chi connectivity index (χ1v) is 6.01. The Kier molecular flexibility index (Phi) is 2.97. The van der Waals surface area contributed by atoms with Crippen molar-refractivity contribution in [1.82, 2.24) is 8.75 Å².